The van der Waals surface area contributed by atoms with Gasteiger partial charge in [-0.25, -0.2) is 0 Å². The van der Waals surface area contributed by atoms with Gasteiger partial charge in [-0.2, -0.15) is 5.10 Å². The zero-order chi connectivity index (χ0) is 6.57. The van der Waals surface area contributed by atoms with Crippen molar-refractivity contribution >= 4 is 12.0 Å². The van der Waals surface area contributed by atoms with Crippen LogP contribution in [0.4, 0.5) is 0 Å². The van der Waals surface area contributed by atoms with E-state index < -0.39 is 0 Å². The number of nitrogens with zero attached hydrogens (tertiary/aromatic N) is 2. The summed E-state index contributed by atoms with van der Waals surface area (Å²) < 4.78 is 0. The molecular weight excluding hydrogens is 104 g/mol. The minimum absolute atomic E-state index is 0.0290. The lowest BCUT2D eigenvalue weighted by molar-refractivity contribution is -0.110. The second kappa shape index (κ2) is 3.18. The van der Waals surface area contributed by atoms with Crippen molar-refractivity contribution in [2.75, 3.05) is 14.1 Å². The van der Waals surface area contributed by atoms with Crippen molar-refractivity contribution in [1.82, 2.24) is 5.01 Å². The predicted molar refractivity (Wildman–Crippen MR) is 32.9 cm³/mol. The summed E-state index contributed by atoms with van der Waals surface area (Å²) in [6, 6.07) is 0. The molecule has 0 aliphatic rings. The van der Waals surface area contributed by atoms with Crippen LogP contribution in [0.5, 0.6) is 0 Å². The molecule has 0 atom stereocenters. The molecule has 0 rings (SSSR count). The van der Waals surface area contributed by atoms with Gasteiger partial charge in [0.2, 0.25) is 0 Å². The van der Waals surface area contributed by atoms with E-state index in [4.69, 9.17) is 0 Å². The third-order valence-electron chi connectivity index (χ3n) is 0.470. The summed E-state index contributed by atoms with van der Waals surface area (Å²) in [7, 11) is 3.53. The lowest BCUT2D eigenvalue weighted by atomic mass is 10.5. The van der Waals surface area contributed by atoms with Crippen molar-refractivity contribution in [1.29, 1.82) is 0 Å². The smallest absolute Gasteiger partial charge is 0.172 e. The van der Waals surface area contributed by atoms with Crippen molar-refractivity contribution in [3.05, 3.63) is 0 Å². The SMILES string of the molecule is CC(=O)C=NN(C)C. The van der Waals surface area contributed by atoms with E-state index in [1.165, 1.54) is 13.1 Å². The molecule has 0 unspecified atom stereocenters. The van der Waals surface area contributed by atoms with Crippen LogP contribution >= 0.6 is 0 Å². The number of hydrogen-bond acceptors (Lipinski definition) is 3. The van der Waals surface area contributed by atoms with Gasteiger partial charge in [0.15, 0.2) is 5.78 Å². The number of hydrogen-bond donors (Lipinski definition) is 0. The molecular formula is C5H10N2O. The molecule has 0 radical (unpaired) electrons. The fourth-order valence-corrected chi connectivity index (χ4v) is 0.197. The first kappa shape index (κ1) is 7.14. The number of rotatable bonds is 2. The summed E-state index contributed by atoms with van der Waals surface area (Å²) in [5, 5.41) is 5.25. The normalized spacial score (nSPS) is 9.88. The van der Waals surface area contributed by atoms with Gasteiger partial charge in [-0.15, -0.1) is 0 Å². The highest BCUT2D eigenvalue weighted by Crippen LogP contribution is 1.70. The molecule has 0 aromatic rings. The molecule has 0 aromatic carbocycles. The zero-order valence-electron chi connectivity index (χ0n) is 5.38. The van der Waals surface area contributed by atoms with Crippen LogP contribution in [-0.2, 0) is 4.79 Å². The Labute approximate surface area is 49.0 Å². The number of Topliss-reactive ketones (excluding diaryl/α,β-unsaturated/α-hetero) is 1. The second-order valence-corrected chi connectivity index (χ2v) is 1.70. The summed E-state index contributed by atoms with van der Waals surface area (Å²) in [4.78, 5) is 10.2. The third-order valence-corrected chi connectivity index (χ3v) is 0.470. The Morgan fingerprint density at radius 2 is 2.12 bits per heavy atom. The topological polar surface area (TPSA) is 32.7 Å². The molecule has 46 valence electrons. The summed E-state index contributed by atoms with van der Waals surface area (Å²) >= 11 is 0. The number of hydrazone groups is 1. The third kappa shape index (κ3) is 5.14. The van der Waals surface area contributed by atoms with Gasteiger partial charge in [0, 0.05) is 21.0 Å². The molecule has 0 saturated heterocycles. The first-order valence-corrected chi connectivity index (χ1v) is 2.35. The van der Waals surface area contributed by atoms with E-state index >= 15 is 0 Å². The molecule has 8 heavy (non-hydrogen) atoms. The summed E-state index contributed by atoms with van der Waals surface area (Å²) in [6.07, 6.45) is 1.28. The van der Waals surface area contributed by atoms with E-state index in [-0.39, 0.29) is 5.78 Å². The van der Waals surface area contributed by atoms with Crippen LogP contribution in [0.15, 0.2) is 5.10 Å². The fourth-order valence-electron chi connectivity index (χ4n) is 0.197. The average Bonchev–Trinajstić information content (AvgIpc) is 1.61. The van der Waals surface area contributed by atoms with Gasteiger partial charge < -0.3 is 5.01 Å². The van der Waals surface area contributed by atoms with Gasteiger partial charge in [0.1, 0.15) is 0 Å². The van der Waals surface area contributed by atoms with Crippen molar-refractivity contribution in [2.24, 2.45) is 5.10 Å². The van der Waals surface area contributed by atoms with Gasteiger partial charge in [-0.3, -0.25) is 4.79 Å². The molecule has 0 amide bonds. The van der Waals surface area contributed by atoms with Crippen LogP contribution < -0.4 is 0 Å². The molecule has 0 spiro atoms. The fraction of sp³-hybridized carbons (Fsp3) is 0.600. The number of carbonyl (C=O) groups excluding carboxylic acids is 1. The highest BCUT2D eigenvalue weighted by molar-refractivity contribution is 6.26. The molecule has 0 saturated carbocycles. The number of ketones is 1. The van der Waals surface area contributed by atoms with Gasteiger partial charge >= 0.3 is 0 Å². The Bertz CT molecular complexity index is 107. The standard InChI is InChI=1S/C5H10N2O/c1-5(8)4-6-7(2)3/h4H,1-3H3. The minimum atomic E-state index is -0.0290. The lowest BCUT2D eigenvalue weighted by Gasteiger charge is -1.99. The Morgan fingerprint density at radius 1 is 1.62 bits per heavy atom. The molecule has 0 aliphatic carbocycles. The summed E-state index contributed by atoms with van der Waals surface area (Å²) in [5.41, 5.74) is 0. The van der Waals surface area contributed by atoms with E-state index in [9.17, 15) is 4.79 Å². The Kier molecular flexibility index (Phi) is 2.84. The van der Waals surface area contributed by atoms with Crippen LogP contribution in [0.2, 0.25) is 0 Å². The van der Waals surface area contributed by atoms with Crippen molar-refractivity contribution in [3.63, 3.8) is 0 Å². The van der Waals surface area contributed by atoms with E-state index in [0.29, 0.717) is 0 Å². The van der Waals surface area contributed by atoms with E-state index in [0.717, 1.165) is 0 Å². The second-order valence-electron chi connectivity index (χ2n) is 1.70. The lowest BCUT2D eigenvalue weighted by Crippen LogP contribution is -2.04. The largest absolute Gasteiger partial charge is 0.303 e. The van der Waals surface area contributed by atoms with Crippen molar-refractivity contribution in [3.8, 4) is 0 Å². The summed E-state index contributed by atoms with van der Waals surface area (Å²) in [5.74, 6) is -0.0290. The van der Waals surface area contributed by atoms with Gasteiger partial charge in [0.05, 0.1) is 6.21 Å². The van der Waals surface area contributed by atoms with Crippen LogP contribution in [0.25, 0.3) is 0 Å². The first-order valence-electron chi connectivity index (χ1n) is 2.35. The average molecular weight is 114 g/mol. The van der Waals surface area contributed by atoms with Crippen LogP contribution in [0, 0.1) is 0 Å². The summed E-state index contributed by atoms with van der Waals surface area (Å²) in [6.45, 7) is 1.47. The highest BCUT2D eigenvalue weighted by Gasteiger charge is 1.81. The Balaban J connectivity index is 3.50. The maximum absolute atomic E-state index is 10.2. The molecule has 3 heteroatoms. The molecule has 0 aliphatic heterocycles. The molecule has 0 N–H and O–H groups in total. The zero-order valence-corrected chi connectivity index (χ0v) is 5.38. The minimum Gasteiger partial charge on any atom is -0.303 e. The van der Waals surface area contributed by atoms with Crippen molar-refractivity contribution < 1.29 is 4.79 Å². The van der Waals surface area contributed by atoms with Crippen LogP contribution in [0.1, 0.15) is 6.92 Å². The maximum Gasteiger partial charge on any atom is 0.172 e. The van der Waals surface area contributed by atoms with Crippen LogP contribution in [-0.4, -0.2) is 31.1 Å². The molecule has 0 fully saturated rings. The quantitative estimate of drug-likeness (QED) is 0.377. The molecule has 0 bridgehead atoms. The van der Waals surface area contributed by atoms with Gasteiger partial charge in [-0.05, 0) is 0 Å². The Hall–Kier alpha value is -0.860. The van der Waals surface area contributed by atoms with E-state index in [2.05, 4.69) is 5.10 Å². The van der Waals surface area contributed by atoms with Crippen molar-refractivity contribution in [2.45, 2.75) is 6.92 Å². The van der Waals surface area contributed by atoms with E-state index in [1.807, 2.05) is 0 Å². The van der Waals surface area contributed by atoms with Gasteiger partial charge in [0.25, 0.3) is 0 Å². The van der Waals surface area contributed by atoms with Crippen LogP contribution in [0.3, 0.4) is 0 Å². The highest BCUT2D eigenvalue weighted by atomic mass is 16.1. The number of carbonyl (C=O) groups is 1. The molecule has 0 aromatic heterocycles. The maximum atomic E-state index is 10.2. The Morgan fingerprint density at radius 3 is 2.25 bits per heavy atom. The van der Waals surface area contributed by atoms with E-state index in [1.54, 1.807) is 19.1 Å². The molecule has 0 heterocycles. The molecule has 3 nitrogen and oxygen atoms in total. The monoisotopic (exact) mass is 114 g/mol. The first-order chi connectivity index (χ1) is 3.63. The van der Waals surface area contributed by atoms with Gasteiger partial charge in [-0.1, -0.05) is 0 Å². The predicted octanol–water partition coefficient (Wildman–Crippen LogP) is 0.123.